The number of hydrogen-bond acceptors (Lipinski definition) is 2. The lowest BCUT2D eigenvalue weighted by Gasteiger charge is -2.03. The smallest absolute Gasteiger partial charge is 0.192 e. The molecule has 4 heteroatoms. The monoisotopic (exact) mass is 333 g/mol. The SMILES string of the molecule is Cc1ccc(C(=O)Cn2ccc3cc(Br)ccc32)s1. The standard InChI is InChI=1S/C15H12BrNOS/c1-10-2-5-15(19-10)14(18)9-17-7-6-11-8-12(16)3-4-13(11)17/h2-8H,9H2,1H3. The first-order valence-corrected chi connectivity index (χ1v) is 7.58. The molecule has 2 aromatic heterocycles. The molecular formula is C15H12BrNOS. The molecule has 0 aliphatic rings. The van der Waals surface area contributed by atoms with E-state index in [0.29, 0.717) is 6.54 Å². The maximum Gasteiger partial charge on any atom is 0.192 e. The fourth-order valence-electron chi connectivity index (χ4n) is 2.13. The summed E-state index contributed by atoms with van der Waals surface area (Å²) in [6, 6.07) is 12.0. The fraction of sp³-hybridized carbons (Fsp3) is 0.133. The number of aryl methyl sites for hydroxylation is 1. The number of nitrogens with zero attached hydrogens (tertiary/aromatic N) is 1. The number of halogens is 1. The van der Waals surface area contributed by atoms with Crippen LogP contribution in [0.4, 0.5) is 0 Å². The Hall–Kier alpha value is -1.39. The van der Waals surface area contributed by atoms with Crippen LogP contribution in [0.15, 0.2) is 47.1 Å². The number of Topliss-reactive ketones (excluding diaryl/α,β-unsaturated/α-hetero) is 1. The third kappa shape index (κ3) is 2.51. The molecule has 0 aliphatic carbocycles. The van der Waals surface area contributed by atoms with Crippen LogP contribution < -0.4 is 0 Å². The summed E-state index contributed by atoms with van der Waals surface area (Å²) in [5.74, 6) is 0.165. The normalized spacial score (nSPS) is 11.1. The molecule has 0 atom stereocenters. The van der Waals surface area contributed by atoms with Crippen LogP contribution in [0.5, 0.6) is 0 Å². The highest BCUT2D eigenvalue weighted by Gasteiger charge is 2.10. The highest BCUT2D eigenvalue weighted by molar-refractivity contribution is 9.10. The Morgan fingerprint density at radius 1 is 1.26 bits per heavy atom. The van der Waals surface area contributed by atoms with Crippen LogP contribution in [-0.4, -0.2) is 10.4 Å². The lowest BCUT2D eigenvalue weighted by Crippen LogP contribution is -2.07. The maximum atomic E-state index is 12.2. The van der Waals surface area contributed by atoms with E-state index in [1.54, 1.807) is 11.3 Å². The first kappa shape index (κ1) is 12.6. The predicted octanol–water partition coefficient (Wildman–Crippen LogP) is 4.66. The molecule has 0 aliphatic heterocycles. The molecule has 3 aromatic rings. The van der Waals surface area contributed by atoms with Gasteiger partial charge in [-0.15, -0.1) is 11.3 Å². The van der Waals surface area contributed by atoms with Crippen molar-refractivity contribution in [2.24, 2.45) is 0 Å². The first-order valence-electron chi connectivity index (χ1n) is 5.97. The van der Waals surface area contributed by atoms with Crippen molar-refractivity contribution in [3.05, 3.63) is 56.8 Å². The first-order chi connectivity index (χ1) is 9.13. The van der Waals surface area contributed by atoms with Crippen LogP contribution in [0, 0.1) is 6.92 Å². The maximum absolute atomic E-state index is 12.2. The number of aromatic nitrogens is 1. The molecule has 0 spiro atoms. The van der Waals surface area contributed by atoms with Crippen LogP contribution in [0.1, 0.15) is 14.5 Å². The zero-order valence-corrected chi connectivity index (χ0v) is 12.8. The van der Waals surface area contributed by atoms with E-state index in [1.165, 1.54) is 4.88 Å². The summed E-state index contributed by atoms with van der Waals surface area (Å²) in [5, 5.41) is 1.14. The van der Waals surface area contributed by atoms with Crippen molar-refractivity contribution >= 4 is 44.0 Å². The van der Waals surface area contributed by atoms with Gasteiger partial charge in [0.1, 0.15) is 0 Å². The summed E-state index contributed by atoms with van der Waals surface area (Å²) in [6.45, 7) is 2.41. The van der Waals surface area contributed by atoms with E-state index < -0.39 is 0 Å². The van der Waals surface area contributed by atoms with Gasteiger partial charge in [-0.3, -0.25) is 4.79 Å². The molecule has 0 amide bonds. The van der Waals surface area contributed by atoms with E-state index >= 15 is 0 Å². The summed E-state index contributed by atoms with van der Waals surface area (Å²) in [5.41, 5.74) is 1.09. The van der Waals surface area contributed by atoms with Crippen LogP contribution >= 0.6 is 27.3 Å². The largest absolute Gasteiger partial charge is 0.340 e. The van der Waals surface area contributed by atoms with Gasteiger partial charge in [0, 0.05) is 26.4 Å². The van der Waals surface area contributed by atoms with Crippen molar-refractivity contribution in [2.45, 2.75) is 13.5 Å². The number of fused-ring (bicyclic) bond motifs is 1. The lowest BCUT2D eigenvalue weighted by molar-refractivity contribution is 0.0977. The van der Waals surface area contributed by atoms with Gasteiger partial charge in [-0.05, 0) is 43.3 Å². The van der Waals surface area contributed by atoms with E-state index in [0.717, 1.165) is 20.3 Å². The second-order valence-electron chi connectivity index (χ2n) is 4.48. The molecule has 0 bridgehead atoms. The number of carbonyl (C=O) groups is 1. The Labute approximate surface area is 123 Å². The van der Waals surface area contributed by atoms with Crippen molar-refractivity contribution in [3.8, 4) is 0 Å². The number of rotatable bonds is 3. The minimum absolute atomic E-state index is 0.165. The van der Waals surface area contributed by atoms with Crippen molar-refractivity contribution < 1.29 is 4.79 Å². The van der Waals surface area contributed by atoms with Gasteiger partial charge in [0.05, 0.1) is 11.4 Å². The molecular weight excluding hydrogens is 322 g/mol. The van der Waals surface area contributed by atoms with Gasteiger partial charge in [-0.2, -0.15) is 0 Å². The van der Waals surface area contributed by atoms with E-state index in [2.05, 4.69) is 22.0 Å². The number of carbonyl (C=O) groups excluding carboxylic acids is 1. The molecule has 1 aromatic carbocycles. The molecule has 3 rings (SSSR count). The highest BCUT2D eigenvalue weighted by atomic mass is 79.9. The molecule has 0 radical (unpaired) electrons. The van der Waals surface area contributed by atoms with E-state index in [9.17, 15) is 4.79 Å². The zero-order valence-electron chi connectivity index (χ0n) is 10.4. The van der Waals surface area contributed by atoms with Crippen LogP contribution in [0.2, 0.25) is 0 Å². The Morgan fingerprint density at radius 2 is 2.11 bits per heavy atom. The molecule has 0 N–H and O–H groups in total. The predicted molar refractivity (Wildman–Crippen MR) is 83.0 cm³/mol. The number of hydrogen-bond donors (Lipinski definition) is 0. The van der Waals surface area contributed by atoms with Crippen molar-refractivity contribution in [1.82, 2.24) is 4.57 Å². The molecule has 0 saturated heterocycles. The lowest BCUT2D eigenvalue weighted by atomic mass is 10.2. The summed E-state index contributed by atoms with van der Waals surface area (Å²) >= 11 is 5.01. The molecule has 0 saturated carbocycles. The van der Waals surface area contributed by atoms with Gasteiger partial charge in [-0.1, -0.05) is 15.9 Å². The van der Waals surface area contributed by atoms with Crippen molar-refractivity contribution in [1.29, 1.82) is 0 Å². The van der Waals surface area contributed by atoms with Gasteiger partial charge < -0.3 is 4.57 Å². The highest BCUT2D eigenvalue weighted by Crippen LogP contribution is 2.22. The Morgan fingerprint density at radius 3 is 2.84 bits per heavy atom. The molecule has 19 heavy (non-hydrogen) atoms. The van der Waals surface area contributed by atoms with Gasteiger partial charge in [0.15, 0.2) is 5.78 Å². The van der Waals surface area contributed by atoms with Crippen LogP contribution in [-0.2, 0) is 6.54 Å². The second kappa shape index (κ2) is 4.94. The van der Waals surface area contributed by atoms with Gasteiger partial charge in [0.2, 0.25) is 0 Å². The zero-order chi connectivity index (χ0) is 13.4. The van der Waals surface area contributed by atoms with Gasteiger partial charge in [0.25, 0.3) is 0 Å². The third-order valence-corrected chi connectivity index (χ3v) is 4.60. The Balaban J connectivity index is 1.91. The number of benzene rings is 1. The summed E-state index contributed by atoms with van der Waals surface area (Å²) < 4.78 is 3.05. The Kier molecular flexibility index (Phi) is 3.29. The van der Waals surface area contributed by atoms with Gasteiger partial charge >= 0.3 is 0 Å². The summed E-state index contributed by atoms with van der Waals surface area (Å²) in [7, 11) is 0. The van der Waals surface area contributed by atoms with Crippen molar-refractivity contribution in [2.75, 3.05) is 0 Å². The second-order valence-corrected chi connectivity index (χ2v) is 6.68. The third-order valence-electron chi connectivity index (χ3n) is 3.06. The molecule has 2 heterocycles. The molecule has 96 valence electrons. The van der Waals surface area contributed by atoms with Crippen molar-refractivity contribution in [3.63, 3.8) is 0 Å². The average Bonchev–Trinajstić information content (AvgIpc) is 2.96. The minimum Gasteiger partial charge on any atom is -0.340 e. The van der Waals surface area contributed by atoms with E-state index in [-0.39, 0.29) is 5.78 Å². The van der Waals surface area contributed by atoms with Crippen LogP contribution in [0.25, 0.3) is 10.9 Å². The topological polar surface area (TPSA) is 22.0 Å². The average molecular weight is 334 g/mol. The fourth-order valence-corrected chi connectivity index (χ4v) is 3.30. The number of ketones is 1. The summed E-state index contributed by atoms with van der Waals surface area (Å²) in [4.78, 5) is 14.2. The molecule has 0 unspecified atom stereocenters. The Bertz CT molecular complexity index is 756. The minimum atomic E-state index is 0.165. The molecule has 2 nitrogen and oxygen atoms in total. The van der Waals surface area contributed by atoms with E-state index in [4.69, 9.17) is 0 Å². The molecule has 0 fully saturated rings. The van der Waals surface area contributed by atoms with Crippen LogP contribution in [0.3, 0.4) is 0 Å². The van der Waals surface area contributed by atoms with E-state index in [1.807, 2.05) is 48.0 Å². The quantitative estimate of drug-likeness (QED) is 0.639. The van der Waals surface area contributed by atoms with Gasteiger partial charge in [-0.25, -0.2) is 0 Å². The number of thiophene rings is 1. The summed E-state index contributed by atoms with van der Waals surface area (Å²) in [6.07, 6.45) is 1.97.